The highest BCUT2D eigenvalue weighted by Gasteiger charge is 1.66. The van der Waals surface area contributed by atoms with Crippen LogP contribution in [0.1, 0.15) is 13.8 Å². The van der Waals surface area contributed by atoms with Gasteiger partial charge in [0.2, 0.25) is 0 Å². The van der Waals surface area contributed by atoms with Crippen LogP contribution in [-0.2, 0) is 0 Å². The van der Waals surface area contributed by atoms with Crippen molar-refractivity contribution in [2.75, 3.05) is 7.05 Å². The van der Waals surface area contributed by atoms with E-state index in [9.17, 15) is 0 Å². The van der Waals surface area contributed by atoms with Gasteiger partial charge in [-0.25, -0.2) is 0 Å². The summed E-state index contributed by atoms with van der Waals surface area (Å²) < 4.78 is 0. The van der Waals surface area contributed by atoms with E-state index in [1.807, 2.05) is 13.0 Å². The van der Waals surface area contributed by atoms with E-state index in [0.29, 0.717) is 5.71 Å². The summed E-state index contributed by atoms with van der Waals surface area (Å²) in [6.45, 7) is 3.65. The van der Waals surface area contributed by atoms with Gasteiger partial charge in [0.1, 0.15) is 0 Å². The second-order valence-corrected chi connectivity index (χ2v) is 1.18. The number of allylic oxidation sites excluding steroid dienone is 2. The fraction of sp³-hybridized carbons (Fsp3) is 0.500. The fourth-order valence-corrected chi connectivity index (χ4v) is 0.250. The van der Waals surface area contributed by atoms with Crippen LogP contribution in [0.2, 0.25) is 0 Å². The van der Waals surface area contributed by atoms with Gasteiger partial charge in [-0.1, -0.05) is 6.08 Å². The lowest BCUT2D eigenvalue weighted by molar-refractivity contribution is 1.48. The lowest BCUT2D eigenvalue weighted by atomic mass is 10.4. The van der Waals surface area contributed by atoms with E-state index in [1.165, 1.54) is 7.05 Å². The van der Waals surface area contributed by atoms with Gasteiger partial charge in [-0.2, -0.15) is 0 Å². The molecular weight excluding hydrogens is 100 g/mol. The quantitative estimate of drug-likeness (QED) is 0.494. The van der Waals surface area contributed by atoms with Crippen molar-refractivity contribution < 1.29 is 0 Å². The Morgan fingerprint density at radius 2 is 1.88 bits per heavy atom. The first-order valence-corrected chi connectivity index (χ1v) is 2.53. The zero-order valence-corrected chi connectivity index (χ0v) is 5.73. The molecule has 0 rings (SSSR count). The summed E-state index contributed by atoms with van der Waals surface area (Å²) in [4.78, 5) is 0. The summed E-state index contributed by atoms with van der Waals surface area (Å²) in [6, 6.07) is 0. The first-order valence-electron chi connectivity index (χ1n) is 2.53. The van der Waals surface area contributed by atoms with Crippen molar-refractivity contribution in [3.63, 3.8) is 0 Å². The molecule has 0 aliphatic carbocycles. The van der Waals surface area contributed by atoms with Crippen molar-refractivity contribution in [2.24, 2.45) is 5.73 Å². The van der Waals surface area contributed by atoms with E-state index in [2.05, 4.69) is 5.73 Å². The Kier molecular flexibility index (Phi) is 12.5. The van der Waals surface area contributed by atoms with Crippen LogP contribution in [0.25, 0.3) is 0 Å². The third kappa shape index (κ3) is 18.3. The normalized spacial score (nSPS) is 8.00. The molecular formula is C6H14N2. The van der Waals surface area contributed by atoms with Gasteiger partial charge in [-0.05, 0) is 27.0 Å². The maximum absolute atomic E-state index is 6.81. The summed E-state index contributed by atoms with van der Waals surface area (Å²) in [5, 5.41) is 6.81. The van der Waals surface area contributed by atoms with Gasteiger partial charge in [-0.15, -0.1) is 0 Å². The second-order valence-electron chi connectivity index (χ2n) is 1.18. The minimum Gasteiger partial charge on any atom is -0.333 e. The van der Waals surface area contributed by atoms with Crippen molar-refractivity contribution in [3.8, 4) is 0 Å². The number of hydrogen-bond donors (Lipinski definition) is 2. The number of rotatable bonds is 1. The van der Waals surface area contributed by atoms with Crippen LogP contribution in [0.3, 0.4) is 0 Å². The molecule has 0 aromatic rings. The molecule has 0 aliphatic heterocycles. The molecule has 0 atom stereocenters. The van der Waals surface area contributed by atoms with Crippen molar-refractivity contribution in [3.05, 3.63) is 12.2 Å². The Labute approximate surface area is 50.9 Å². The number of nitrogens with two attached hydrogens (primary N) is 1. The number of hydrogen-bond acceptors (Lipinski definition) is 2. The van der Waals surface area contributed by atoms with E-state index in [-0.39, 0.29) is 0 Å². The largest absolute Gasteiger partial charge is 0.333 e. The predicted octanol–water partition coefficient (Wildman–Crippen LogP) is 1.18. The van der Waals surface area contributed by atoms with Crippen LogP contribution in [0.4, 0.5) is 0 Å². The molecule has 0 aromatic carbocycles. The molecule has 0 amide bonds. The van der Waals surface area contributed by atoms with Gasteiger partial charge in [0, 0.05) is 5.71 Å². The van der Waals surface area contributed by atoms with Crippen LogP contribution in [0.15, 0.2) is 12.2 Å². The van der Waals surface area contributed by atoms with E-state index >= 15 is 0 Å². The molecule has 0 saturated heterocycles. The molecule has 0 saturated carbocycles. The van der Waals surface area contributed by atoms with E-state index in [0.717, 1.165) is 0 Å². The van der Waals surface area contributed by atoms with E-state index < -0.39 is 0 Å². The molecule has 0 spiro atoms. The van der Waals surface area contributed by atoms with Crippen molar-refractivity contribution >= 4 is 5.71 Å². The van der Waals surface area contributed by atoms with Gasteiger partial charge < -0.3 is 11.1 Å². The van der Waals surface area contributed by atoms with Gasteiger partial charge in [-0.3, -0.25) is 0 Å². The fourth-order valence-electron chi connectivity index (χ4n) is 0.250. The first-order chi connectivity index (χ1) is 3.77. The molecule has 2 nitrogen and oxygen atoms in total. The maximum atomic E-state index is 6.81. The molecule has 0 unspecified atom stereocenters. The van der Waals surface area contributed by atoms with Crippen LogP contribution in [0, 0.1) is 5.41 Å². The van der Waals surface area contributed by atoms with Crippen LogP contribution < -0.4 is 5.73 Å². The summed E-state index contributed by atoms with van der Waals surface area (Å²) in [5.41, 5.74) is 5.11. The zero-order valence-electron chi connectivity index (χ0n) is 5.73. The molecule has 48 valence electrons. The summed E-state index contributed by atoms with van der Waals surface area (Å²) in [6.07, 6.45) is 3.60. The van der Waals surface area contributed by atoms with E-state index in [4.69, 9.17) is 5.41 Å². The lowest BCUT2D eigenvalue weighted by Crippen LogP contribution is -1.74. The third-order valence-corrected chi connectivity index (χ3v) is 0.417. The zero-order chi connectivity index (χ0) is 6.99. The van der Waals surface area contributed by atoms with Crippen LogP contribution in [0.5, 0.6) is 0 Å². The minimum absolute atomic E-state index is 0.609. The summed E-state index contributed by atoms with van der Waals surface area (Å²) >= 11 is 0. The van der Waals surface area contributed by atoms with Gasteiger partial charge >= 0.3 is 0 Å². The van der Waals surface area contributed by atoms with Gasteiger partial charge in [0.25, 0.3) is 0 Å². The monoisotopic (exact) mass is 114 g/mol. The Balaban J connectivity index is 0. The molecule has 0 heterocycles. The SMILES string of the molecule is C/C=C\C(C)=N.CN. The first kappa shape index (κ1) is 10.4. The standard InChI is InChI=1S/C5H9N.CH5N/c1-3-4-5(2)6;1-2/h3-4,6H,1-2H3;2H2,1H3/b4-3-,6-5?;. The highest BCUT2D eigenvalue weighted by atomic mass is 14.4. The highest BCUT2D eigenvalue weighted by molar-refractivity contribution is 5.89. The predicted molar refractivity (Wildman–Crippen MR) is 38.3 cm³/mol. The molecule has 0 aliphatic rings. The summed E-state index contributed by atoms with van der Waals surface area (Å²) in [5.74, 6) is 0. The highest BCUT2D eigenvalue weighted by Crippen LogP contribution is 1.70. The molecule has 0 aromatic heterocycles. The van der Waals surface area contributed by atoms with Gasteiger partial charge in [0.05, 0.1) is 0 Å². The Bertz CT molecular complexity index is 74.6. The van der Waals surface area contributed by atoms with Crippen LogP contribution >= 0.6 is 0 Å². The van der Waals surface area contributed by atoms with Crippen molar-refractivity contribution in [1.29, 1.82) is 5.41 Å². The minimum atomic E-state index is 0.609. The lowest BCUT2D eigenvalue weighted by Gasteiger charge is -1.73. The smallest absolute Gasteiger partial charge is 0.0279 e. The molecule has 2 heteroatoms. The summed E-state index contributed by atoms with van der Waals surface area (Å²) in [7, 11) is 1.50. The second kappa shape index (κ2) is 9.62. The average Bonchev–Trinajstić information content (AvgIpc) is 1.72. The van der Waals surface area contributed by atoms with E-state index in [1.54, 1.807) is 13.0 Å². The molecule has 8 heavy (non-hydrogen) atoms. The van der Waals surface area contributed by atoms with Crippen molar-refractivity contribution in [2.45, 2.75) is 13.8 Å². The van der Waals surface area contributed by atoms with Crippen molar-refractivity contribution in [1.82, 2.24) is 0 Å². The topological polar surface area (TPSA) is 49.9 Å². The molecule has 0 bridgehead atoms. The van der Waals surface area contributed by atoms with Crippen LogP contribution in [-0.4, -0.2) is 12.8 Å². The maximum Gasteiger partial charge on any atom is 0.0279 e. The number of nitrogens with one attached hydrogen (secondary N) is 1. The molecule has 3 N–H and O–H groups in total. The third-order valence-electron chi connectivity index (χ3n) is 0.417. The Hall–Kier alpha value is -0.630. The molecule has 0 radical (unpaired) electrons. The molecule has 0 fully saturated rings. The van der Waals surface area contributed by atoms with Gasteiger partial charge in [0.15, 0.2) is 0 Å². The Morgan fingerprint density at radius 3 is 1.88 bits per heavy atom. The Morgan fingerprint density at radius 1 is 1.50 bits per heavy atom. The average molecular weight is 114 g/mol.